The predicted octanol–water partition coefficient (Wildman–Crippen LogP) is 6.04. The smallest absolute Gasteiger partial charge is 0.337 e. The summed E-state index contributed by atoms with van der Waals surface area (Å²) in [6.45, 7) is 2.26. The number of aromatic amines is 1. The number of nitrogens with one attached hydrogen (secondary N) is 1. The van der Waals surface area contributed by atoms with Gasteiger partial charge in [0, 0.05) is 11.9 Å². The third-order valence-corrected chi connectivity index (χ3v) is 3.97. The van der Waals surface area contributed by atoms with Gasteiger partial charge in [0.25, 0.3) is 0 Å². The Morgan fingerprint density at radius 3 is 2.18 bits per heavy atom. The molecule has 0 saturated carbocycles. The summed E-state index contributed by atoms with van der Waals surface area (Å²) < 4.78 is 0. The molecule has 0 fully saturated rings. The van der Waals surface area contributed by atoms with Gasteiger partial charge < -0.3 is 10.1 Å². The van der Waals surface area contributed by atoms with Crippen molar-refractivity contribution < 1.29 is 9.90 Å². The molecular formula is C19H31NO2. The summed E-state index contributed by atoms with van der Waals surface area (Å²) >= 11 is 0. The quantitative estimate of drug-likeness (QED) is 0.437. The zero-order valence-corrected chi connectivity index (χ0v) is 13.9. The molecule has 1 aromatic heterocycles. The van der Waals surface area contributed by atoms with Crippen LogP contribution < -0.4 is 0 Å². The molecule has 0 aliphatic rings. The van der Waals surface area contributed by atoms with Gasteiger partial charge >= 0.3 is 5.97 Å². The van der Waals surface area contributed by atoms with Gasteiger partial charge in [0.2, 0.25) is 0 Å². The van der Waals surface area contributed by atoms with Crippen LogP contribution in [0.1, 0.15) is 93.6 Å². The largest absolute Gasteiger partial charge is 0.478 e. The van der Waals surface area contributed by atoms with Crippen LogP contribution in [0, 0.1) is 0 Å². The lowest BCUT2D eigenvalue weighted by molar-refractivity contribution is 0.0697. The summed E-state index contributed by atoms with van der Waals surface area (Å²) in [6.07, 6.45) is 20.2. The van der Waals surface area contributed by atoms with Crippen molar-refractivity contribution in [2.45, 2.75) is 77.6 Å². The maximum absolute atomic E-state index is 10.7. The minimum atomic E-state index is -0.884. The number of H-pyrrole nitrogens is 1. The summed E-state index contributed by atoms with van der Waals surface area (Å²) in [5.41, 5.74) is 1.18. The average Bonchev–Trinajstić information content (AvgIpc) is 2.97. The van der Waals surface area contributed by atoms with E-state index >= 15 is 0 Å². The molecule has 0 amide bonds. The first-order valence-corrected chi connectivity index (χ1v) is 8.82. The number of hydrogen-bond donors (Lipinski definition) is 2. The third kappa shape index (κ3) is 8.71. The zero-order chi connectivity index (χ0) is 16.0. The van der Waals surface area contributed by atoms with Gasteiger partial charge in [0.05, 0.1) is 5.56 Å². The van der Waals surface area contributed by atoms with Crippen molar-refractivity contribution in [1.29, 1.82) is 0 Å². The Balaban J connectivity index is 1.94. The standard InChI is InChI=1S/C19H31NO2/c1-2-3-4-5-6-7-8-9-10-11-12-13-14-18-15-17(16-20-18)19(21)22/h13-16,20H,2-12H2,1H3,(H,21,22)/b14-13+. The van der Waals surface area contributed by atoms with Gasteiger partial charge in [0.1, 0.15) is 0 Å². The van der Waals surface area contributed by atoms with Crippen molar-refractivity contribution in [2.75, 3.05) is 0 Å². The fourth-order valence-electron chi connectivity index (χ4n) is 2.59. The van der Waals surface area contributed by atoms with Crippen LogP contribution in [0.5, 0.6) is 0 Å². The van der Waals surface area contributed by atoms with Crippen LogP contribution in [0.3, 0.4) is 0 Å². The van der Waals surface area contributed by atoms with E-state index in [2.05, 4.69) is 18.0 Å². The van der Waals surface area contributed by atoms with Crippen LogP contribution >= 0.6 is 0 Å². The highest BCUT2D eigenvalue weighted by atomic mass is 16.4. The van der Waals surface area contributed by atoms with E-state index in [1.807, 2.05) is 6.08 Å². The van der Waals surface area contributed by atoms with Gasteiger partial charge in [-0.1, -0.05) is 70.8 Å². The molecular weight excluding hydrogens is 274 g/mol. The Morgan fingerprint density at radius 2 is 1.64 bits per heavy atom. The van der Waals surface area contributed by atoms with Crippen LogP contribution in [0.2, 0.25) is 0 Å². The van der Waals surface area contributed by atoms with E-state index in [0.717, 1.165) is 12.1 Å². The second kappa shape index (κ2) is 12.1. The first-order valence-electron chi connectivity index (χ1n) is 8.82. The number of carboxylic acids is 1. The summed E-state index contributed by atoms with van der Waals surface area (Å²) in [5, 5.41) is 8.83. The van der Waals surface area contributed by atoms with E-state index in [-0.39, 0.29) is 0 Å². The van der Waals surface area contributed by atoms with E-state index in [0.29, 0.717) is 5.56 Å². The first kappa shape index (κ1) is 18.5. The molecule has 1 heterocycles. The summed E-state index contributed by atoms with van der Waals surface area (Å²) in [6, 6.07) is 1.66. The molecule has 3 nitrogen and oxygen atoms in total. The van der Waals surface area contributed by atoms with Crippen LogP contribution in [0.25, 0.3) is 6.08 Å². The monoisotopic (exact) mass is 305 g/mol. The minimum absolute atomic E-state index is 0.318. The molecule has 0 unspecified atom stereocenters. The summed E-state index contributed by atoms with van der Waals surface area (Å²) in [5.74, 6) is -0.884. The fourth-order valence-corrected chi connectivity index (χ4v) is 2.59. The lowest BCUT2D eigenvalue weighted by Gasteiger charge is -2.01. The number of aromatic nitrogens is 1. The molecule has 0 aliphatic carbocycles. The van der Waals surface area contributed by atoms with Crippen molar-refractivity contribution in [2.24, 2.45) is 0 Å². The van der Waals surface area contributed by atoms with Crippen LogP contribution in [0.4, 0.5) is 0 Å². The summed E-state index contributed by atoms with van der Waals surface area (Å²) in [4.78, 5) is 13.7. The number of unbranched alkanes of at least 4 members (excludes halogenated alkanes) is 10. The molecule has 1 aromatic rings. The van der Waals surface area contributed by atoms with E-state index in [4.69, 9.17) is 5.11 Å². The highest BCUT2D eigenvalue weighted by Crippen LogP contribution is 2.12. The number of rotatable bonds is 13. The number of aromatic carboxylic acids is 1. The Labute approximate surface area is 134 Å². The molecule has 1 rings (SSSR count). The van der Waals surface area contributed by atoms with Gasteiger partial charge in [-0.25, -0.2) is 4.79 Å². The Bertz CT molecular complexity index is 434. The van der Waals surface area contributed by atoms with Crippen molar-refractivity contribution in [3.63, 3.8) is 0 Å². The topological polar surface area (TPSA) is 53.1 Å². The van der Waals surface area contributed by atoms with E-state index in [1.165, 1.54) is 70.4 Å². The molecule has 0 aromatic carbocycles. The van der Waals surface area contributed by atoms with Crippen molar-refractivity contribution in [3.05, 3.63) is 29.6 Å². The molecule has 0 aliphatic heterocycles. The Morgan fingerprint density at radius 1 is 1.05 bits per heavy atom. The lowest BCUT2D eigenvalue weighted by atomic mass is 10.1. The maximum atomic E-state index is 10.7. The van der Waals surface area contributed by atoms with E-state index in [9.17, 15) is 4.79 Å². The van der Waals surface area contributed by atoms with Crippen LogP contribution in [0.15, 0.2) is 18.3 Å². The highest BCUT2D eigenvalue weighted by molar-refractivity contribution is 5.88. The second-order valence-electron chi connectivity index (χ2n) is 6.02. The second-order valence-corrected chi connectivity index (χ2v) is 6.02. The van der Waals surface area contributed by atoms with E-state index < -0.39 is 5.97 Å². The number of allylic oxidation sites excluding steroid dienone is 1. The molecule has 0 spiro atoms. The molecule has 0 atom stereocenters. The van der Waals surface area contributed by atoms with Gasteiger partial charge in [-0.3, -0.25) is 0 Å². The first-order chi connectivity index (χ1) is 10.7. The normalized spacial score (nSPS) is 11.3. The Hall–Kier alpha value is -1.51. The average molecular weight is 305 g/mol. The minimum Gasteiger partial charge on any atom is -0.478 e. The summed E-state index contributed by atoms with van der Waals surface area (Å²) in [7, 11) is 0. The lowest BCUT2D eigenvalue weighted by Crippen LogP contribution is -1.91. The molecule has 0 bridgehead atoms. The van der Waals surface area contributed by atoms with Gasteiger partial charge in [0.15, 0.2) is 0 Å². The van der Waals surface area contributed by atoms with Gasteiger partial charge in [-0.2, -0.15) is 0 Å². The number of carbonyl (C=O) groups is 1. The molecule has 2 N–H and O–H groups in total. The SMILES string of the molecule is CCCCCCCCCCCC/C=C/c1cc(C(=O)O)c[nH]1. The maximum Gasteiger partial charge on any atom is 0.337 e. The van der Waals surface area contributed by atoms with Gasteiger partial charge in [-0.05, 0) is 25.0 Å². The predicted molar refractivity (Wildman–Crippen MR) is 93.2 cm³/mol. The Kier molecular flexibility index (Phi) is 10.2. The molecule has 3 heteroatoms. The van der Waals surface area contributed by atoms with Crippen molar-refractivity contribution in [3.8, 4) is 0 Å². The third-order valence-electron chi connectivity index (χ3n) is 3.97. The molecule has 0 saturated heterocycles. The van der Waals surface area contributed by atoms with Crippen molar-refractivity contribution >= 4 is 12.0 Å². The highest BCUT2D eigenvalue weighted by Gasteiger charge is 2.03. The fraction of sp³-hybridized carbons (Fsp3) is 0.632. The van der Waals surface area contributed by atoms with E-state index in [1.54, 1.807) is 6.07 Å². The molecule has 0 radical (unpaired) electrons. The van der Waals surface area contributed by atoms with Crippen LogP contribution in [-0.4, -0.2) is 16.1 Å². The van der Waals surface area contributed by atoms with Crippen molar-refractivity contribution in [1.82, 2.24) is 4.98 Å². The van der Waals surface area contributed by atoms with Crippen LogP contribution in [-0.2, 0) is 0 Å². The number of carboxylic acid groups (broad SMARTS) is 1. The molecule has 124 valence electrons. The number of hydrogen-bond acceptors (Lipinski definition) is 1. The molecule has 22 heavy (non-hydrogen) atoms. The zero-order valence-electron chi connectivity index (χ0n) is 13.9. The van der Waals surface area contributed by atoms with Gasteiger partial charge in [-0.15, -0.1) is 0 Å².